The van der Waals surface area contributed by atoms with E-state index in [2.05, 4.69) is 5.32 Å². The molecule has 0 saturated carbocycles. The summed E-state index contributed by atoms with van der Waals surface area (Å²) < 4.78 is 29.1. The first kappa shape index (κ1) is 30.9. The summed E-state index contributed by atoms with van der Waals surface area (Å²) in [4.78, 5) is 28.7. The first-order valence-corrected chi connectivity index (χ1v) is 15.0. The van der Waals surface area contributed by atoms with E-state index in [1.807, 2.05) is 77.9 Å². The van der Waals surface area contributed by atoms with Crippen LogP contribution in [0.2, 0.25) is 0 Å². The van der Waals surface area contributed by atoms with Gasteiger partial charge in [-0.2, -0.15) is 0 Å². The van der Waals surface area contributed by atoms with Crippen LogP contribution in [0.15, 0.2) is 71.6 Å². The Balaban J connectivity index is 2.04. The van der Waals surface area contributed by atoms with Gasteiger partial charge < -0.3 is 10.2 Å². The molecule has 40 heavy (non-hydrogen) atoms. The van der Waals surface area contributed by atoms with Crippen LogP contribution < -0.4 is 9.62 Å². The average Bonchev–Trinajstić information content (AvgIpc) is 2.90. The molecule has 214 valence electrons. The third-order valence-corrected chi connectivity index (χ3v) is 8.61. The second kappa shape index (κ2) is 13.1. The fourth-order valence-electron chi connectivity index (χ4n) is 4.36. The number of nitrogens with one attached hydrogen (secondary N) is 1. The number of aryl methyl sites for hydroxylation is 4. The van der Waals surface area contributed by atoms with E-state index in [0.717, 1.165) is 32.1 Å². The van der Waals surface area contributed by atoms with Crippen molar-refractivity contribution in [2.75, 3.05) is 17.4 Å². The lowest BCUT2D eigenvalue weighted by molar-refractivity contribution is -0.139. The van der Waals surface area contributed by atoms with Gasteiger partial charge in [0.25, 0.3) is 10.0 Å². The molecular formula is C32H41N3O4S. The quantitative estimate of drug-likeness (QED) is 0.343. The molecule has 3 aromatic rings. The van der Waals surface area contributed by atoms with Crippen LogP contribution in [0.3, 0.4) is 0 Å². The van der Waals surface area contributed by atoms with Crippen molar-refractivity contribution >= 4 is 27.5 Å². The minimum atomic E-state index is -4.10. The first-order chi connectivity index (χ1) is 18.8. The Kier molecular flexibility index (Phi) is 10.1. The summed E-state index contributed by atoms with van der Waals surface area (Å²) in [6.45, 7) is 13.5. The highest BCUT2D eigenvalue weighted by Gasteiger charge is 2.33. The highest BCUT2D eigenvalue weighted by atomic mass is 32.2. The van der Waals surface area contributed by atoms with E-state index < -0.39 is 28.5 Å². The molecule has 1 N–H and O–H groups in total. The Morgan fingerprint density at radius 1 is 0.800 bits per heavy atom. The van der Waals surface area contributed by atoms with Crippen LogP contribution in [0.25, 0.3) is 0 Å². The molecule has 3 rings (SSSR count). The Hall–Kier alpha value is -3.65. The van der Waals surface area contributed by atoms with E-state index in [1.165, 1.54) is 4.90 Å². The zero-order valence-corrected chi connectivity index (χ0v) is 25.4. The number of carbonyl (C=O) groups excluding carboxylic acids is 2. The number of benzene rings is 3. The van der Waals surface area contributed by atoms with Gasteiger partial charge in [0.05, 0.1) is 10.6 Å². The molecule has 3 aromatic carbocycles. The van der Waals surface area contributed by atoms with Crippen LogP contribution in [0.1, 0.15) is 48.6 Å². The molecule has 7 nitrogen and oxygen atoms in total. The number of sulfonamides is 1. The van der Waals surface area contributed by atoms with Gasteiger partial charge >= 0.3 is 0 Å². The fourth-order valence-corrected chi connectivity index (χ4v) is 5.84. The van der Waals surface area contributed by atoms with Gasteiger partial charge in [0.15, 0.2) is 0 Å². The van der Waals surface area contributed by atoms with Gasteiger partial charge in [0, 0.05) is 13.1 Å². The number of hydrogen-bond donors (Lipinski definition) is 1. The predicted octanol–water partition coefficient (Wildman–Crippen LogP) is 5.31. The van der Waals surface area contributed by atoms with Crippen molar-refractivity contribution in [3.05, 3.63) is 94.5 Å². The van der Waals surface area contributed by atoms with Gasteiger partial charge in [-0.1, -0.05) is 79.1 Å². The van der Waals surface area contributed by atoms with Gasteiger partial charge in [0.2, 0.25) is 11.8 Å². The third kappa shape index (κ3) is 7.72. The van der Waals surface area contributed by atoms with Crippen LogP contribution in [0, 0.1) is 33.6 Å². The second-order valence-corrected chi connectivity index (χ2v) is 12.8. The summed E-state index contributed by atoms with van der Waals surface area (Å²) in [6, 6.07) is 19.0. The van der Waals surface area contributed by atoms with E-state index in [9.17, 15) is 18.0 Å². The lowest BCUT2D eigenvalue weighted by atomic mass is 10.1. The van der Waals surface area contributed by atoms with Gasteiger partial charge in [-0.15, -0.1) is 0 Å². The lowest BCUT2D eigenvalue weighted by Crippen LogP contribution is -2.51. The third-order valence-electron chi connectivity index (χ3n) is 6.83. The van der Waals surface area contributed by atoms with Crippen molar-refractivity contribution in [2.45, 2.75) is 65.9 Å². The smallest absolute Gasteiger partial charge is 0.264 e. The van der Waals surface area contributed by atoms with Crippen molar-refractivity contribution < 1.29 is 18.0 Å². The Morgan fingerprint density at radius 2 is 1.35 bits per heavy atom. The van der Waals surface area contributed by atoms with Crippen molar-refractivity contribution in [1.82, 2.24) is 10.2 Å². The second-order valence-electron chi connectivity index (χ2n) is 10.9. The normalized spacial score (nSPS) is 12.2. The Morgan fingerprint density at radius 3 is 1.90 bits per heavy atom. The number of nitrogens with zero attached hydrogens (tertiary/aromatic N) is 2. The molecule has 0 aromatic heterocycles. The van der Waals surface area contributed by atoms with E-state index in [4.69, 9.17) is 0 Å². The SMILES string of the molecule is Cc1ccc(CN(C(=O)CN(c2ccc(C)cc2C)S(=O)(=O)c2ccc(C)cc2)[C@@H](C)C(=O)NCC(C)C)cc1. The summed E-state index contributed by atoms with van der Waals surface area (Å²) in [7, 11) is -4.10. The molecule has 0 bridgehead atoms. The highest BCUT2D eigenvalue weighted by molar-refractivity contribution is 7.92. The molecule has 0 unspecified atom stereocenters. The molecule has 0 fully saturated rings. The maximum atomic E-state index is 14.0. The van der Waals surface area contributed by atoms with E-state index >= 15 is 0 Å². The van der Waals surface area contributed by atoms with Gasteiger partial charge in [0.1, 0.15) is 12.6 Å². The number of hydrogen-bond acceptors (Lipinski definition) is 4. The zero-order valence-electron chi connectivity index (χ0n) is 24.6. The fraction of sp³-hybridized carbons (Fsp3) is 0.375. The van der Waals surface area contributed by atoms with Gasteiger partial charge in [-0.25, -0.2) is 8.42 Å². The molecule has 0 spiro atoms. The predicted molar refractivity (Wildman–Crippen MR) is 161 cm³/mol. The van der Waals surface area contributed by atoms with Crippen LogP contribution in [0.5, 0.6) is 0 Å². The zero-order chi connectivity index (χ0) is 29.6. The Labute approximate surface area is 239 Å². The summed E-state index contributed by atoms with van der Waals surface area (Å²) >= 11 is 0. The largest absolute Gasteiger partial charge is 0.354 e. The van der Waals surface area contributed by atoms with Crippen LogP contribution in [-0.2, 0) is 26.2 Å². The molecular weight excluding hydrogens is 522 g/mol. The van der Waals surface area contributed by atoms with Gasteiger partial charge in [-0.05, 0) is 69.9 Å². The molecule has 2 amide bonds. The highest BCUT2D eigenvalue weighted by Crippen LogP contribution is 2.28. The molecule has 0 saturated heterocycles. The van der Waals surface area contributed by atoms with Crippen LogP contribution in [0.4, 0.5) is 5.69 Å². The molecule has 0 aliphatic carbocycles. The van der Waals surface area contributed by atoms with Crippen molar-refractivity contribution in [2.24, 2.45) is 5.92 Å². The summed E-state index contributed by atoms with van der Waals surface area (Å²) in [6.07, 6.45) is 0. The lowest BCUT2D eigenvalue weighted by Gasteiger charge is -2.32. The summed E-state index contributed by atoms with van der Waals surface area (Å²) in [5.41, 5.74) is 5.00. The molecule has 0 aliphatic rings. The molecule has 0 radical (unpaired) electrons. The number of rotatable bonds is 11. The number of amides is 2. The minimum Gasteiger partial charge on any atom is -0.354 e. The van der Waals surface area contributed by atoms with E-state index in [1.54, 1.807) is 37.3 Å². The molecule has 0 aliphatic heterocycles. The van der Waals surface area contributed by atoms with Crippen molar-refractivity contribution in [3.63, 3.8) is 0 Å². The van der Waals surface area contributed by atoms with Gasteiger partial charge in [-0.3, -0.25) is 13.9 Å². The van der Waals surface area contributed by atoms with E-state index in [0.29, 0.717) is 12.2 Å². The number of anilines is 1. The summed E-state index contributed by atoms with van der Waals surface area (Å²) in [5.74, 6) is -0.505. The topological polar surface area (TPSA) is 86.8 Å². The monoisotopic (exact) mass is 563 g/mol. The van der Waals surface area contributed by atoms with Crippen molar-refractivity contribution in [1.29, 1.82) is 0 Å². The molecule has 1 atom stereocenters. The minimum absolute atomic E-state index is 0.0960. The van der Waals surface area contributed by atoms with Crippen LogP contribution in [-0.4, -0.2) is 44.3 Å². The van der Waals surface area contributed by atoms with Crippen LogP contribution >= 0.6 is 0 Å². The first-order valence-electron chi connectivity index (χ1n) is 13.6. The number of carbonyl (C=O) groups is 2. The average molecular weight is 564 g/mol. The maximum Gasteiger partial charge on any atom is 0.264 e. The molecule has 8 heteroatoms. The van der Waals surface area contributed by atoms with E-state index in [-0.39, 0.29) is 23.3 Å². The van der Waals surface area contributed by atoms with Crippen molar-refractivity contribution in [3.8, 4) is 0 Å². The molecule has 0 heterocycles. The Bertz CT molecular complexity index is 1430. The summed E-state index contributed by atoms with van der Waals surface area (Å²) in [5, 5.41) is 2.91. The maximum absolute atomic E-state index is 14.0. The standard InChI is InChI=1S/C32H41N3O4S/c1-22(2)19-33-32(37)27(7)34(20-28-13-8-23(3)9-14-28)31(36)21-35(30-17-12-25(5)18-26(30)6)40(38,39)29-15-10-24(4)11-16-29/h8-18,22,27H,19-21H2,1-7H3,(H,33,37)/t27-/m0/s1.